The summed E-state index contributed by atoms with van der Waals surface area (Å²) in [4.78, 5) is 22.7. The fraction of sp³-hybridized carbons (Fsp3) is 0. The zero-order chi connectivity index (χ0) is 12.4. The van der Waals surface area contributed by atoms with Gasteiger partial charge in [0.25, 0.3) is 0 Å². The third-order valence-electron chi connectivity index (χ3n) is 2.50. The zero-order valence-corrected chi connectivity index (χ0v) is 9.33. The van der Waals surface area contributed by atoms with E-state index in [1.807, 2.05) is 0 Å². The van der Waals surface area contributed by atoms with Gasteiger partial charge >= 0.3 is 5.97 Å². The van der Waals surface area contributed by atoms with Gasteiger partial charge in [-0.3, -0.25) is 4.98 Å². The molecule has 0 bridgehead atoms. The van der Waals surface area contributed by atoms with Gasteiger partial charge in [0.2, 0.25) is 0 Å². The first-order chi connectivity index (χ1) is 8.83. The number of carbonyl (C=O) groups excluding carboxylic acids is 1. The van der Waals surface area contributed by atoms with Crippen molar-refractivity contribution in [2.24, 2.45) is 0 Å². The molecule has 1 aromatic carbocycles. The molecule has 0 aliphatic heterocycles. The van der Waals surface area contributed by atoms with Crippen molar-refractivity contribution in [2.45, 2.75) is 0 Å². The minimum absolute atomic E-state index is 0.419. The van der Waals surface area contributed by atoms with E-state index in [-0.39, 0.29) is 0 Å². The van der Waals surface area contributed by atoms with E-state index in [2.05, 4.69) is 15.0 Å². The fourth-order valence-corrected chi connectivity index (χ4v) is 1.63. The molecular weight excluding hydrogens is 230 g/mol. The van der Waals surface area contributed by atoms with Gasteiger partial charge in [-0.15, -0.1) is 0 Å². The molecule has 2 aromatic heterocycles. The third kappa shape index (κ3) is 1.93. The van der Waals surface area contributed by atoms with E-state index in [4.69, 9.17) is 4.74 Å². The Bertz CT molecular complexity index is 692. The van der Waals surface area contributed by atoms with Crippen molar-refractivity contribution in [2.75, 3.05) is 0 Å². The SMILES string of the molecule is O=C(Oc1ccc2nc[nH]c2c1)c1cccnc1. The third-order valence-corrected chi connectivity index (χ3v) is 2.50. The zero-order valence-electron chi connectivity index (χ0n) is 9.33. The molecule has 3 aromatic rings. The molecule has 5 nitrogen and oxygen atoms in total. The molecular formula is C13H9N3O2. The van der Waals surface area contributed by atoms with Crippen LogP contribution in [0.1, 0.15) is 10.4 Å². The molecule has 0 spiro atoms. The number of ether oxygens (including phenoxy) is 1. The number of nitrogens with zero attached hydrogens (tertiary/aromatic N) is 2. The predicted molar refractivity (Wildman–Crippen MR) is 65.3 cm³/mol. The van der Waals surface area contributed by atoms with Crippen LogP contribution in [0.5, 0.6) is 5.75 Å². The van der Waals surface area contributed by atoms with Crippen LogP contribution in [-0.4, -0.2) is 20.9 Å². The lowest BCUT2D eigenvalue weighted by Gasteiger charge is -2.03. The van der Waals surface area contributed by atoms with Crippen LogP contribution < -0.4 is 4.74 Å². The molecule has 0 saturated carbocycles. The number of hydrogen-bond donors (Lipinski definition) is 1. The maximum absolute atomic E-state index is 11.8. The number of carbonyl (C=O) groups is 1. The molecule has 0 fully saturated rings. The second-order valence-electron chi connectivity index (χ2n) is 3.71. The minimum Gasteiger partial charge on any atom is -0.423 e. The van der Waals surface area contributed by atoms with Crippen LogP contribution in [0.2, 0.25) is 0 Å². The summed E-state index contributed by atoms with van der Waals surface area (Å²) < 4.78 is 5.25. The highest BCUT2D eigenvalue weighted by atomic mass is 16.5. The van der Waals surface area contributed by atoms with Crippen LogP contribution >= 0.6 is 0 Å². The molecule has 0 unspecified atom stereocenters. The number of H-pyrrole nitrogens is 1. The number of rotatable bonds is 2. The minimum atomic E-state index is -0.429. The van der Waals surface area contributed by atoms with Crippen LogP contribution in [0.25, 0.3) is 11.0 Å². The molecule has 0 aliphatic rings. The van der Waals surface area contributed by atoms with E-state index >= 15 is 0 Å². The van der Waals surface area contributed by atoms with Gasteiger partial charge in [0.05, 0.1) is 22.9 Å². The first kappa shape index (κ1) is 10.5. The highest BCUT2D eigenvalue weighted by Crippen LogP contribution is 2.18. The van der Waals surface area contributed by atoms with Crippen LogP contribution in [0.15, 0.2) is 49.1 Å². The lowest BCUT2D eigenvalue weighted by molar-refractivity contribution is 0.0734. The number of nitrogens with one attached hydrogen (secondary N) is 1. The molecule has 0 aliphatic carbocycles. The maximum Gasteiger partial charge on any atom is 0.345 e. The second-order valence-corrected chi connectivity index (χ2v) is 3.71. The summed E-state index contributed by atoms with van der Waals surface area (Å²) in [5, 5.41) is 0. The summed E-state index contributed by atoms with van der Waals surface area (Å²) in [5.74, 6) is 0.0440. The normalized spacial score (nSPS) is 10.4. The number of aromatic nitrogens is 3. The van der Waals surface area contributed by atoms with Crippen molar-refractivity contribution in [3.05, 3.63) is 54.6 Å². The summed E-state index contributed by atoms with van der Waals surface area (Å²) in [6.45, 7) is 0. The summed E-state index contributed by atoms with van der Waals surface area (Å²) >= 11 is 0. The monoisotopic (exact) mass is 239 g/mol. The number of esters is 1. The average molecular weight is 239 g/mol. The highest BCUT2D eigenvalue weighted by Gasteiger charge is 2.08. The molecule has 5 heteroatoms. The van der Waals surface area contributed by atoms with Gasteiger partial charge in [0.1, 0.15) is 5.75 Å². The molecule has 0 radical (unpaired) electrons. The Morgan fingerprint density at radius 2 is 2.22 bits per heavy atom. The Hall–Kier alpha value is -2.69. The van der Waals surface area contributed by atoms with Gasteiger partial charge in [-0.2, -0.15) is 0 Å². The van der Waals surface area contributed by atoms with Gasteiger partial charge in [-0.1, -0.05) is 0 Å². The largest absolute Gasteiger partial charge is 0.423 e. The van der Waals surface area contributed by atoms with Crippen molar-refractivity contribution in [1.82, 2.24) is 15.0 Å². The van der Waals surface area contributed by atoms with Crippen molar-refractivity contribution in [3.63, 3.8) is 0 Å². The lowest BCUT2D eigenvalue weighted by atomic mass is 10.3. The van der Waals surface area contributed by atoms with Gasteiger partial charge < -0.3 is 9.72 Å². The van der Waals surface area contributed by atoms with E-state index in [1.165, 1.54) is 6.20 Å². The standard InChI is InChI=1S/C13H9N3O2/c17-13(9-2-1-5-14-7-9)18-10-3-4-11-12(6-10)16-8-15-11/h1-8H,(H,15,16). The quantitative estimate of drug-likeness (QED) is 0.549. The summed E-state index contributed by atoms with van der Waals surface area (Å²) in [6, 6.07) is 8.57. The Labute approximate surface area is 102 Å². The molecule has 0 atom stereocenters. The smallest absolute Gasteiger partial charge is 0.345 e. The van der Waals surface area contributed by atoms with E-state index in [0.717, 1.165) is 11.0 Å². The molecule has 0 saturated heterocycles. The second kappa shape index (κ2) is 4.29. The number of pyridine rings is 1. The van der Waals surface area contributed by atoms with Crippen LogP contribution in [0, 0.1) is 0 Å². The fourth-order valence-electron chi connectivity index (χ4n) is 1.63. The van der Waals surface area contributed by atoms with Crippen LogP contribution in [0.4, 0.5) is 0 Å². The van der Waals surface area contributed by atoms with E-state index < -0.39 is 5.97 Å². The van der Waals surface area contributed by atoms with E-state index in [1.54, 1.807) is 42.9 Å². The maximum atomic E-state index is 11.8. The summed E-state index contributed by atoms with van der Waals surface area (Å²) in [7, 11) is 0. The average Bonchev–Trinajstić information content (AvgIpc) is 2.87. The predicted octanol–water partition coefficient (Wildman–Crippen LogP) is 2.18. The number of imidazole rings is 1. The highest BCUT2D eigenvalue weighted by molar-refractivity contribution is 5.91. The lowest BCUT2D eigenvalue weighted by Crippen LogP contribution is -2.08. The molecule has 88 valence electrons. The van der Waals surface area contributed by atoms with Crippen molar-refractivity contribution in [1.29, 1.82) is 0 Å². The van der Waals surface area contributed by atoms with Crippen molar-refractivity contribution >= 4 is 17.0 Å². The number of hydrogen-bond acceptors (Lipinski definition) is 4. The summed E-state index contributed by atoms with van der Waals surface area (Å²) in [6.07, 6.45) is 4.67. The first-order valence-corrected chi connectivity index (χ1v) is 5.38. The number of aromatic amines is 1. The van der Waals surface area contributed by atoms with Gasteiger partial charge in [-0.05, 0) is 24.3 Å². The molecule has 1 N–H and O–H groups in total. The van der Waals surface area contributed by atoms with Crippen LogP contribution in [-0.2, 0) is 0 Å². The topological polar surface area (TPSA) is 67.9 Å². The Morgan fingerprint density at radius 3 is 3.06 bits per heavy atom. The Balaban J connectivity index is 1.86. The van der Waals surface area contributed by atoms with E-state index in [9.17, 15) is 4.79 Å². The first-order valence-electron chi connectivity index (χ1n) is 5.38. The molecule has 3 rings (SSSR count). The van der Waals surface area contributed by atoms with Gasteiger partial charge in [0, 0.05) is 18.5 Å². The van der Waals surface area contributed by atoms with Gasteiger partial charge in [0.15, 0.2) is 0 Å². The van der Waals surface area contributed by atoms with Gasteiger partial charge in [-0.25, -0.2) is 9.78 Å². The molecule has 0 amide bonds. The number of benzene rings is 1. The van der Waals surface area contributed by atoms with E-state index in [0.29, 0.717) is 11.3 Å². The summed E-state index contributed by atoms with van der Waals surface area (Å²) in [5.41, 5.74) is 2.07. The van der Waals surface area contributed by atoms with Crippen molar-refractivity contribution in [3.8, 4) is 5.75 Å². The Morgan fingerprint density at radius 1 is 1.28 bits per heavy atom. The molecule has 2 heterocycles. The number of fused-ring (bicyclic) bond motifs is 1. The van der Waals surface area contributed by atoms with Crippen LogP contribution in [0.3, 0.4) is 0 Å². The van der Waals surface area contributed by atoms with Crippen molar-refractivity contribution < 1.29 is 9.53 Å². The molecule has 18 heavy (non-hydrogen) atoms. The Kier molecular flexibility index (Phi) is 2.49.